The van der Waals surface area contributed by atoms with Gasteiger partial charge in [-0.05, 0) is 73.9 Å². The van der Waals surface area contributed by atoms with Gasteiger partial charge in [0.05, 0.1) is 21.5 Å². The van der Waals surface area contributed by atoms with Gasteiger partial charge in [0, 0.05) is 17.1 Å². The Bertz CT molecular complexity index is 1290. The molecule has 5 N–H and O–H groups in total. The van der Waals surface area contributed by atoms with Crippen LogP contribution < -0.4 is 11.1 Å². The molecule has 3 rings (SSSR count). The molecule has 0 aliphatic carbocycles. The quantitative estimate of drug-likeness (QED) is 0.353. The Morgan fingerprint density at radius 3 is 2.32 bits per heavy atom. The third kappa shape index (κ3) is 6.15. The van der Waals surface area contributed by atoms with Gasteiger partial charge < -0.3 is 21.3 Å². The third-order valence-corrected chi connectivity index (χ3v) is 7.43. The van der Waals surface area contributed by atoms with Crippen LogP contribution >= 0.6 is 11.6 Å². The number of sulfone groups is 1. The molecule has 0 heterocycles. The average molecular weight is 503 g/mol. The number of aliphatic hydroxyl groups excluding tert-OH is 1. The molecule has 7 nitrogen and oxygen atoms in total. The van der Waals surface area contributed by atoms with Crippen LogP contribution in [0.15, 0.2) is 76.5 Å². The number of hydrogen-bond donors (Lipinski definition) is 4. The minimum atomic E-state index is -3.91. The van der Waals surface area contributed by atoms with Crippen LogP contribution in [0.25, 0.3) is 0 Å². The van der Waals surface area contributed by atoms with Crippen molar-refractivity contribution < 1.29 is 23.4 Å². The zero-order valence-electron chi connectivity index (χ0n) is 18.8. The van der Waals surface area contributed by atoms with E-state index >= 15 is 0 Å². The van der Waals surface area contributed by atoms with E-state index in [9.17, 15) is 23.4 Å². The van der Waals surface area contributed by atoms with Gasteiger partial charge in [-0.25, -0.2) is 8.42 Å². The van der Waals surface area contributed by atoms with Crippen LogP contribution in [-0.2, 0) is 16.3 Å². The largest absolute Gasteiger partial charge is 0.507 e. The summed E-state index contributed by atoms with van der Waals surface area (Å²) in [5.41, 5.74) is 6.19. The molecule has 0 spiro atoms. The topological polar surface area (TPSA) is 130 Å². The van der Waals surface area contributed by atoms with Gasteiger partial charge in [-0.3, -0.25) is 4.79 Å². The van der Waals surface area contributed by atoms with E-state index in [0.717, 1.165) is 23.3 Å². The van der Waals surface area contributed by atoms with Gasteiger partial charge in [-0.2, -0.15) is 0 Å². The van der Waals surface area contributed by atoms with Gasteiger partial charge in [0.1, 0.15) is 5.75 Å². The van der Waals surface area contributed by atoms with E-state index in [4.69, 9.17) is 17.3 Å². The smallest absolute Gasteiger partial charge is 0.252 e. The maximum Gasteiger partial charge on any atom is 0.252 e. The lowest BCUT2D eigenvalue weighted by molar-refractivity contribution is 0.0997. The Morgan fingerprint density at radius 1 is 1.06 bits per heavy atom. The van der Waals surface area contributed by atoms with E-state index in [0.29, 0.717) is 18.0 Å². The molecule has 0 bridgehead atoms. The minimum absolute atomic E-state index is 0.0551. The van der Waals surface area contributed by atoms with Gasteiger partial charge in [0.15, 0.2) is 0 Å². The molecule has 3 aromatic rings. The molecule has 180 valence electrons. The third-order valence-electron chi connectivity index (χ3n) is 5.43. The molecule has 0 unspecified atom stereocenters. The van der Waals surface area contributed by atoms with Crippen molar-refractivity contribution in [1.29, 1.82) is 0 Å². The van der Waals surface area contributed by atoms with E-state index in [1.165, 1.54) is 18.2 Å². The highest BCUT2D eigenvalue weighted by Crippen LogP contribution is 2.27. The van der Waals surface area contributed by atoms with Crippen LogP contribution in [0.2, 0.25) is 5.02 Å². The normalized spacial score (nSPS) is 12.9. The predicted molar refractivity (Wildman–Crippen MR) is 131 cm³/mol. The highest BCUT2D eigenvalue weighted by Gasteiger charge is 2.23. The number of rotatable bonds is 9. The van der Waals surface area contributed by atoms with Gasteiger partial charge in [0.25, 0.3) is 5.91 Å². The lowest BCUT2D eigenvalue weighted by Gasteiger charge is -2.28. The second-order valence-corrected chi connectivity index (χ2v) is 11.1. The average Bonchev–Trinajstić information content (AvgIpc) is 2.77. The maximum atomic E-state index is 13.0. The van der Waals surface area contributed by atoms with Crippen molar-refractivity contribution in [2.24, 2.45) is 5.73 Å². The van der Waals surface area contributed by atoms with E-state index in [1.807, 2.05) is 19.9 Å². The molecular weight excluding hydrogens is 476 g/mol. The van der Waals surface area contributed by atoms with Crippen molar-refractivity contribution >= 4 is 27.3 Å². The first-order valence-corrected chi connectivity index (χ1v) is 12.4. The summed E-state index contributed by atoms with van der Waals surface area (Å²) in [5, 5.41) is 24.1. The van der Waals surface area contributed by atoms with Crippen molar-refractivity contribution in [2.45, 2.75) is 41.7 Å². The second kappa shape index (κ2) is 10.1. The summed E-state index contributed by atoms with van der Waals surface area (Å²) in [6, 6.07) is 16.9. The van der Waals surface area contributed by atoms with Crippen LogP contribution in [0.3, 0.4) is 0 Å². The van der Waals surface area contributed by atoms with Crippen molar-refractivity contribution in [3.05, 3.63) is 88.4 Å². The van der Waals surface area contributed by atoms with Crippen LogP contribution in [-0.4, -0.2) is 36.6 Å². The van der Waals surface area contributed by atoms with Gasteiger partial charge in [-0.15, -0.1) is 0 Å². The van der Waals surface area contributed by atoms with Crippen molar-refractivity contribution in [2.75, 3.05) is 6.54 Å². The number of phenols is 1. The Morgan fingerprint density at radius 2 is 1.71 bits per heavy atom. The summed E-state index contributed by atoms with van der Waals surface area (Å²) < 4.78 is 25.9. The highest BCUT2D eigenvalue weighted by atomic mass is 35.5. The van der Waals surface area contributed by atoms with Crippen molar-refractivity contribution in [1.82, 2.24) is 5.32 Å². The first-order valence-electron chi connectivity index (χ1n) is 10.5. The lowest BCUT2D eigenvalue weighted by atomic mass is 9.94. The van der Waals surface area contributed by atoms with Crippen molar-refractivity contribution in [3.8, 4) is 5.75 Å². The number of amides is 1. The molecule has 0 aromatic heterocycles. The molecule has 0 aliphatic heterocycles. The Balaban J connectivity index is 1.70. The first kappa shape index (κ1) is 25.7. The van der Waals surface area contributed by atoms with E-state index in [2.05, 4.69) is 5.32 Å². The summed E-state index contributed by atoms with van der Waals surface area (Å²) in [6.45, 7) is 4.30. The Kier molecular flexibility index (Phi) is 7.67. The van der Waals surface area contributed by atoms with Crippen molar-refractivity contribution in [3.63, 3.8) is 0 Å². The molecular formula is C25H27ClN2O5S. The molecule has 0 radical (unpaired) electrons. The Hall–Kier alpha value is -2.91. The number of aliphatic hydroxyl groups is 1. The molecule has 0 fully saturated rings. The van der Waals surface area contributed by atoms with Gasteiger partial charge >= 0.3 is 0 Å². The highest BCUT2D eigenvalue weighted by molar-refractivity contribution is 7.91. The van der Waals surface area contributed by atoms with Crippen LogP contribution in [0.1, 0.15) is 41.4 Å². The fourth-order valence-corrected chi connectivity index (χ4v) is 5.07. The summed E-state index contributed by atoms with van der Waals surface area (Å²) in [5.74, 6) is -1.29. The van der Waals surface area contributed by atoms with Crippen LogP contribution in [0.4, 0.5) is 0 Å². The van der Waals surface area contributed by atoms with E-state index < -0.39 is 21.8 Å². The Labute approximate surface area is 204 Å². The number of nitrogens with one attached hydrogen (secondary N) is 1. The number of hydrogen-bond acceptors (Lipinski definition) is 6. The maximum absolute atomic E-state index is 13.0. The number of primary amides is 1. The molecule has 0 aliphatic rings. The first-order chi connectivity index (χ1) is 15.9. The summed E-state index contributed by atoms with van der Waals surface area (Å²) in [4.78, 5) is 11.4. The number of β-amino-alcohol motifs (C(OH)–C–C–N with tert-alkyl or cyclic N) is 1. The number of carbonyl (C=O) groups excluding carboxylic acids is 1. The molecule has 0 saturated heterocycles. The molecule has 34 heavy (non-hydrogen) atoms. The van der Waals surface area contributed by atoms with E-state index in [1.54, 1.807) is 30.3 Å². The fourth-order valence-electron chi connectivity index (χ4n) is 3.58. The molecule has 9 heteroatoms. The number of aromatic hydroxyl groups is 1. The van der Waals surface area contributed by atoms with Crippen LogP contribution in [0, 0.1) is 0 Å². The summed E-state index contributed by atoms with van der Waals surface area (Å²) >= 11 is 5.99. The summed E-state index contributed by atoms with van der Waals surface area (Å²) in [7, 11) is -3.91. The summed E-state index contributed by atoms with van der Waals surface area (Å²) in [6.07, 6.45) is -0.137. The number of carbonyl (C=O) groups is 1. The lowest BCUT2D eigenvalue weighted by Crippen LogP contribution is -2.43. The second-order valence-electron chi connectivity index (χ2n) is 8.70. The van der Waals surface area contributed by atoms with Gasteiger partial charge in [-0.1, -0.05) is 35.9 Å². The minimum Gasteiger partial charge on any atom is -0.507 e. The van der Waals surface area contributed by atoms with E-state index in [-0.39, 0.29) is 26.6 Å². The predicted octanol–water partition coefficient (Wildman–Crippen LogP) is 3.62. The number of benzene rings is 3. The fraction of sp³-hybridized carbons (Fsp3) is 0.240. The SMILES string of the molecule is CC(C)(Cc1ccc(S(=O)(=O)c2ccc(O)c(C(N)=O)c2)cc1)NC[C@@H](O)c1cccc(Cl)c1. The zero-order valence-corrected chi connectivity index (χ0v) is 20.4. The standard InChI is InChI=1S/C25H27ClN2O5S/c1-25(2,28-15-23(30)17-4-3-5-18(26)12-17)14-16-6-8-19(9-7-16)34(32,33)20-10-11-22(29)21(13-20)24(27)31/h3-13,23,28-30H,14-15H2,1-2H3,(H2,27,31)/t23-/m1/s1. The number of halogens is 1. The molecule has 0 saturated carbocycles. The number of nitrogens with two attached hydrogens (primary N) is 1. The van der Waals surface area contributed by atoms with Crippen LogP contribution in [0.5, 0.6) is 5.75 Å². The monoisotopic (exact) mass is 502 g/mol. The molecule has 1 amide bonds. The zero-order chi connectivity index (χ0) is 25.1. The molecule has 1 atom stereocenters. The van der Waals surface area contributed by atoms with Gasteiger partial charge in [0.2, 0.25) is 9.84 Å². The molecule has 3 aromatic carbocycles.